The maximum Gasteiger partial charge on any atom is 0.243 e. The Labute approximate surface area is 164 Å². The molecular formula is C19H22N4O4S. The van der Waals surface area contributed by atoms with Crippen LogP contribution in [0.1, 0.15) is 28.1 Å². The monoisotopic (exact) mass is 402 g/mol. The van der Waals surface area contributed by atoms with E-state index in [9.17, 15) is 13.2 Å². The van der Waals surface area contributed by atoms with E-state index in [1.807, 2.05) is 19.1 Å². The molecule has 2 heterocycles. The highest BCUT2D eigenvalue weighted by Gasteiger charge is 2.31. The first-order valence-corrected chi connectivity index (χ1v) is 10.4. The van der Waals surface area contributed by atoms with E-state index in [0.717, 1.165) is 5.56 Å². The summed E-state index contributed by atoms with van der Waals surface area (Å²) in [6.45, 7) is 6.30. The summed E-state index contributed by atoms with van der Waals surface area (Å²) in [5.74, 6) is 0.184. The van der Waals surface area contributed by atoms with Crippen molar-refractivity contribution in [3.05, 3.63) is 46.3 Å². The lowest BCUT2D eigenvalue weighted by molar-refractivity contribution is -0.131. The molecule has 3 rings (SSSR count). The molecule has 0 saturated carbocycles. The van der Waals surface area contributed by atoms with E-state index in [0.29, 0.717) is 35.0 Å². The standard InChI is InChI=1S/C19H22N4O4S/c1-13-4-5-14(2)18(10-13)28(25,26)23-8-6-22(7-9-23)19(24)11-17-16(12-20)15(3)27-21-17/h4-5,10H,6-9,11H2,1-3H3. The van der Waals surface area contributed by atoms with Gasteiger partial charge in [0.1, 0.15) is 17.3 Å². The number of piperazine rings is 1. The van der Waals surface area contributed by atoms with E-state index in [4.69, 9.17) is 9.78 Å². The Morgan fingerprint density at radius 1 is 1.21 bits per heavy atom. The van der Waals surface area contributed by atoms with E-state index >= 15 is 0 Å². The number of hydrogen-bond donors (Lipinski definition) is 0. The average Bonchev–Trinajstić information content (AvgIpc) is 3.02. The molecule has 1 aliphatic rings. The lowest BCUT2D eigenvalue weighted by atomic mass is 10.1. The van der Waals surface area contributed by atoms with Gasteiger partial charge >= 0.3 is 0 Å². The second-order valence-electron chi connectivity index (χ2n) is 6.90. The summed E-state index contributed by atoms with van der Waals surface area (Å²) in [7, 11) is -3.61. The molecule has 1 aromatic carbocycles. The highest BCUT2D eigenvalue weighted by Crippen LogP contribution is 2.23. The second kappa shape index (κ2) is 7.73. The number of carbonyl (C=O) groups is 1. The summed E-state index contributed by atoms with van der Waals surface area (Å²) in [6, 6.07) is 7.35. The minimum atomic E-state index is -3.61. The summed E-state index contributed by atoms with van der Waals surface area (Å²) in [6.07, 6.45) is -0.0377. The molecule has 0 bridgehead atoms. The van der Waals surface area contributed by atoms with Crippen molar-refractivity contribution in [2.24, 2.45) is 0 Å². The zero-order chi connectivity index (χ0) is 20.5. The number of amides is 1. The predicted molar refractivity (Wildman–Crippen MR) is 101 cm³/mol. The van der Waals surface area contributed by atoms with Crippen molar-refractivity contribution in [1.82, 2.24) is 14.4 Å². The Balaban J connectivity index is 1.68. The maximum atomic E-state index is 13.0. The number of aromatic nitrogens is 1. The maximum absolute atomic E-state index is 13.0. The van der Waals surface area contributed by atoms with Crippen LogP contribution in [0, 0.1) is 32.1 Å². The molecule has 9 heteroatoms. The molecule has 0 atom stereocenters. The van der Waals surface area contributed by atoms with Crippen molar-refractivity contribution in [3.63, 3.8) is 0 Å². The Bertz CT molecular complexity index is 1040. The Morgan fingerprint density at radius 2 is 1.89 bits per heavy atom. The van der Waals surface area contributed by atoms with Crippen LogP contribution in [0.5, 0.6) is 0 Å². The number of aryl methyl sites for hydroxylation is 3. The minimum absolute atomic E-state index is 0.0377. The van der Waals surface area contributed by atoms with Crippen molar-refractivity contribution >= 4 is 15.9 Å². The first-order chi connectivity index (χ1) is 13.2. The molecule has 0 radical (unpaired) electrons. The van der Waals surface area contributed by atoms with Crippen LogP contribution in [0.15, 0.2) is 27.6 Å². The number of nitrogens with zero attached hydrogens (tertiary/aromatic N) is 4. The smallest absolute Gasteiger partial charge is 0.243 e. The molecule has 8 nitrogen and oxygen atoms in total. The number of hydrogen-bond acceptors (Lipinski definition) is 6. The van der Waals surface area contributed by atoms with Crippen molar-refractivity contribution < 1.29 is 17.7 Å². The van der Waals surface area contributed by atoms with Gasteiger partial charge in [-0.25, -0.2) is 8.42 Å². The van der Waals surface area contributed by atoms with Crippen LogP contribution in [-0.4, -0.2) is 54.9 Å². The molecule has 1 aliphatic heterocycles. The van der Waals surface area contributed by atoms with Gasteiger partial charge in [-0.2, -0.15) is 9.57 Å². The largest absolute Gasteiger partial charge is 0.360 e. The summed E-state index contributed by atoms with van der Waals surface area (Å²) in [5.41, 5.74) is 2.18. The van der Waals surface area contributed by atoms with Crippen LogP contribution in [0.2, 0.25) is 0 Å². The highest BCUT2D eigenvalue weighted by atomic mass is 32.2. The van der Waals surface area contributed by atoms with E-state index in [-0.39, 0.29) is 31.0 Å². The van der Waals surface area contributed by atoms with Crippen LogP contribution in [0.25, 0.3) is 0 Å². The van der Waals surface area contributed by atoms with Crippen LogP contribution < -0.4 is 0 Å². The fourth-order valence-electron chi connectivity index (χ4n) is 3.24. The fraction of sp³-hybridized carbons (Fsp3) is 0.421. The van der Waals surface area contributed by atoms with Gasteiger partial charge < -0.3 is 9.42 Å². The lowest BCUT2D eigenvalue weighted by Crippen LogP contribution is -2.51. The summed E-state index contributed by atoms with van der Waals surface area (Å²) < 4.78 is 32.3. The summed E-state index contributed by atoms with van der Waals surface area (Å²) >= 11 is 0. The molecule has 0 aliphatic carbocycles. The van der Waals surface area contributed by atoms with Gasteiger partial charge in [-0.3, -0.25) is 4.79 Å². The first-order valence-electron chi connectivity index (χ1n) is 8.94. The van der Waals surface area contributed by atoms with Gasteiger partial charge in [0.25, 0.3) is 0 Å². The molecule has 1 aromatic heterocycles. The molecule has 0 spiro atoms. The van der Waals surface area contributed by atoms with E-state index < -0.39 is 10.0 Å². The van der Waals surface area contributed by atoms with Crippen molar-refractivity contribution in [1.29, 1.82) is 5.26 Å². The number of nitriles is 1. The third-order valence-electron chi connectivity index (χ3n) is 4.92. The van der Waals surface area contributed by atoms with E-state index in [1.54, 1.807) is 30.9 Å². The number of rotatable bonds is 4. The van der Waals surface area contributed by atoms with Crippen LogP contribution in [-0.2, 0) is 21.2 Å². The Morgan fingerprint density at radius 3 is 2.54 bits per heavy atom. The predicted octanol–water partition coefficient (Wildman–Crippen LogP) is 1.55. The molecular weight excluding hydrogens is 380 g/mol. The van der Waals surface area contributed by atoms with E-state index in [1.165, 1.54) is 4.31 Å². The van der Waals surface area contributed by atoms with Gasteiger partial charge in [0.2, 0.25) is 15.9 Å². The normalized spacial score (nSPS) is 15.4. The summed E-state index contributed by atoms with van der Waals surface area (Å²) in [4.78, 5) is 14.4. The minimum Gasteiger partial charge on any atom is -0.360 e. The topological polar surface area (TPSA) is 108 Å². The van der Waals surface area contributed by atoms with Crippen LogP contribution >= 0.6 is 0 Å². The zero-order valence-corrected chi connectivity index (χ0v) is 16.9. The molecule has 28 heavy (non-hydrogen) atoms. The molecule has 2 aromatic rings. The summed E-state index contributed by atoms with van der Waals surface area (Å²) in [5, 5.41) is 12.9. The molecule has 148 valence electrons. The SMILES string of the molecule is Cc1ccc(C)c(S(=O)(=O)N2CCN(C(=O)Cc3noc(C)c3C#N)CC2)c1. The van der Waals surface area contributed by atoms with Crippen molar-refractivity contribution in [2.45, 2.75) is 32.1 Å². The van der Waals surface area contributed by atoms with Crippen molar-refractivity contribution in [2.75, 3.05) is 26.2 Å². The quantitative estimate of drug-likeness (QED) is 0.768. The zero-order valence-electron chi connectivity index (χ0n) is 16.1. The van der Waals surface area contributed by atoms with Gasteiger partial charge in [0.15, 0.2) is 5.76 Å². The van der Waals surface area contributed by atoms with Gasteiger partial charge in [-0.15, -0.1) is 0 Å². The van der Waals surface area contributed by atoms with Crippen LogP contribution in [0.4, 0.5) is 0 Å². The first kappa shape index (κ1) is 20.0. The van der Waals surface area contributed by atoms with Gasteiger partial charge in [0.05, 0.1) is 11.3 Å². The number of carbonyl (C=O) groups excluding carboxylic acids is 1. The van der Waals surface area contributed by atoms with Gasteiger partial charge in [0, 0.05) is 26.2 Å². The third-order valence-corrected chi connectivity index (χ3v) is 6.96. The third kappa shape index (κ3) is 3.79. The van der Waals surface area contributed by atoms with Gasteiger partial charge in [-0.05, 0) is 38.0 Å². The second-order valence-corrected chi connectivity index (χ2v) is 8.81. The molecule has 1 amide bonds. The van der Waals surface area contributed by atoms with Gasteiger partial charge in [-0.1, -0.05) is 17.3 Å². The Hall–Kier alpha value is -2.70. The molecule has 1 saturated heterocycles. The van der Waals surface area contributed by atoms with Crippen molar-refractivity contribution in [3.8, 4) is 6.07 Å². The van der Waals surface area contributed by atoms with Crippen LogP contribution in [0.3, 0.4) is 0 Å². The molecule has 0 unspecified atom stereocenters. The highest BCUT2D eigenvalue weighted by molar-refractivity contribution is 7.89. The number of benzene rings is 1. The molecule has 0 N–H and O–H groups in total. The Kier molecular flexibility index (Phi) is 5.54. The average molecular weight is 402 g/mol. The molecule has 1 fully saturated rings. The van der Waals surface area contributed by atoms with E-state index in [2.05, 4.69) is 5.16 Å². The number of sulfonamides is 1. The lowest BCUT2D eigenvalue weighted by Gasteiger charge is -2.34. The fourth-order valence-corrected chi connectivity index (χ4v) is 4.97.